The molecule has 2 aromatic heterocycles. The Morgan fingerprint density at radius 2 is 2.20 bits per heavy atom. The molecule has 0 aliphatic carbocycles. The lowest BCUT2D eigenvalue weighted by Gasteiger charge is -2.14. The first-order valence-corrected chi connectivity index (χ1v) is 6.94. The van der Waals surface area contributed by atoms with Crippen LogP contribution in [0, 0.1) is 0 Å². The van der Waals surface area contributed by atoms with Gasteiger partial charge in [0.1, 0.15) is 11.5 Å². The van der Waals surface area contributed by atoms with Crippen LogP contribution in [0.2, 0.25) is 0 Å². The summed E-state index contributed by atoms with van der Waals surface area (Å²) in [5.74, 6) is 1.07. The molecule has 0 aliphatic rings. The zero-order valence-corrected chi connectivity index (χ0v) is 12.1. The monoisotopic (exact) mass is 279 g/mol. The molecule has 0 saturated heterocycles. The summed E-state index contributed by atoms with van der Waals surface area (Å²) in [6.07, 6.45) is 2.59. The molecule has 20 heavy (non-hydrogen) atoms. The van der Waals surface area contributed by atoms with Gasteiger partial charge in [0.15, 0.2) is 5.65 Å². The summed E-state index contributed by atoms with van der Waals surface area (Å²) >= 11 is 0. The smallest absolute Gasteiger partial charge is 0.229 e. The van der Waals surface area contributed by atoms with Gasteiger partial charge in [-0.05, 0) is 20.3 Å². The minimum absolute atomic E-state index is 0.0815. The fourth-order valence-electron chi connectivity index (χ4n) is 1.72. The van der Waals surface area contributed by atoms with E-state index in [9.17, 15) is 0 Å². The maximum absolute atomic E-state index is 5.83. The molecule has 1 unspecified atom stereocenters. The molecule has 1 atom stereocenters. The van der Waals surface area contributed by atoms with Crippen molar-refractivity contribution in [1.29, 1.82) is 0 Å². The molecule has 0 aromatic carbocycles. The Balaban J connectivity index is 2.18. The van der Waals surface area contributed by atoms with Crippen LogP contribution in [0.1, 0.15) is 27.2 Å². The van der Waals surface area contributed by atoms with E-state index in [1.165, 1.54) is 0 Å². The number of fused-ring (bicyclic) bond motifs is 1. The third-order valence-corrected chi connectivity index (χ3v) is 2.68. The number of aromatic nitrogens is 4. The Morgan fingerprint density at radius 1 is 1.35 bits per heavy atom. The maximum Gasteiger partial charge on any atom is 0.229 e. The van der Waals surface area contributed by atoms with E-state index in [2.05, 4.69) is 32.4 Å². The third-order valence-electron chi connectivity index (χ3n) is 2.68. The molecule has 0 amide bonds. The average molecular weight is 279 g/mol. The van der Waals surface area contributed by atoms with Crippen LogP contribution in [0.3, 0.4) is 0 Å². The molecular formula is C13H21N5O2. The minimum Gasteiger partial charge on any atom is -0.472 e. The average Bonchev–Trinajstić information content (AvgIpc) is 2.91. The zero-order chi connectivity index (χ0) is 14.4. The molecule has 0 saturated carbocycles. The lowest BCUT2D eigenvalue weighted by atomic mass is 10.4. The van der Waals surface area contributed by atoms with Gasteiger partial charge in [-0.25, -0.2) is 0 Å². The van der Waals surface area contributed by atoms with Crippen LogP contribution in [0.4, 0.5) is 5.95 Å². The number of nitrogens with one attached hydrogen (secondary N) is 2. The van der Waals surface area contributed by atoms with Crippen molar-refractivity contribution < 1.29 is 9.47 Å². The normalized spacial score (nSPS) is 12.6. The summed E-state index contributed by atoms with van der Waals surface area (Å²) in [6, 6.07) is 0. The van der Waals surface area contributed by atoms with Crippen LogP contribution in [0.25, 0.3) is 11.0 Å². The first kappa shape index (κ1) is 14.5. The Labute approximate surface area is 118 Å². The lowest BCUT2D eigenvalue weighted by molar-refractivity contribution is 0.0642. The SMILES string of the molecule is CCCNc1nc(OC(C)COCC)c2cn[nH]c2n1. The summed E-state index contributed by atoms with van der Waals surface area (Å²) in [7, 11) is 0. The highest BCUT2D eigenvalue weighted by molar-refractivity contribution is 5.80. The van der Waals surface area contributed by atoms with Gasteiger partial charge in [0.2, 0.25) is 11.8 Å². The Kier molecular flexibility index (Phi) is 5.11. The highest BCUT2D eigenvalue weighted by Crippen LogP contribution is 2.23. The number of aromatic amines is 1. The summed E-state index contributed by atoms with van der Waals surface area (Å²) in [6.45, 7) is 8.00. The molecule has 0 spiro atoms. The van der Waals surface area contributed by atoms with E-state index >= 15 is 0 Å². The fourth-order valence-corrected chi connectivity index (χ4v) is 1.72. The van der Waals surface area contributed by atoms with Crippen molar-refractivity contribution >= 4 is 17.0 Å². The van der Waals surface area contributed by atoms with Crippen molar-refractivity contribution in [1.82, 2.24) is 20.2 Å². The number of hydrogen-bond donors (Lipinski definition) is 2. The van der Waals surface area contributed by atoms with Crippen LogP contribution >= 0.6 is 0 Å². The molecule has 7 heteroatoms. The lowest BCUT2D eigenvalue weighted by Crippen LogP contribution is -2.20. The number of anilines is 1. The molecule has 2 rings (SSSR count). The van der Waals surface area contributed by atoms with E-state index in [4.69, 9.17) is 9.47 Å². The third kappa shape index (κ3) is 3.57. The molecule has 0 fully saturated rings. The predicted octanol–water partition coefficient (Wildman–Crippen LogP) is 1.98. The summed E-state index contributed by atoms with van der Waals surface area (Å²) < 4.78 is 11.2. The summed E-state index contributed by atoms with van der Waals surface area (Å²) in [4.78, 5) is 8.75. The highest BCUT2D eigenvalue weighted by Gasteiger charge is 2.13. The van der Waals surface area contributed by atoms with Gasteiger partial charge < -0.3 is 14.8 Å². The molecule has 2 N–H and O–H groups in total. The standard InChI is InChI=1S/C13H21N5O2/c1-4-6-14-13-16-11-10(7-15-18-11)12(17-13)20-9(3)8-19-5-2/h7,9H,4-6,8H2,1-3H3,(H2,14,15,16,17,18). The zero-order valence-electron chi connectivity index (χ0n) is 12.1. The van der Waals surface area contributed by atoms with E-state index in [1.807, 2.05) is 13.8 Å². The van der Waals surface area contributed by atoms with Gasteiger partial charge in [0, 0.05) is 13.2 Å². The van der Waals surface area contributed by atoms with Crippen LogP contribution in [0.5, 0.6) is 5.88 Å². The van der Waals surface area contributed by atoms with Crippen LogP contribution < -0.4 is 10.1 Å². The second-order valence-electron chi connectivity index (χ2n) is 4.50. The van der Waals surface area contributed by atoms with Gasteiger partial charge in [0.05, 0.1) is 12.8 Å². The molecular weight excluding hydrogens is 258 g/mol. The Hall–Kier alpha value is -1.89. The van der Waals surface area contributed by atoms with Crippen molar-refractivity contribution in [2.45, 2.75) is 33.3 Å². The van der Waals surface area contributed by atoms with Crippen molar-refractivity contribution in [3.05, 3.63) is 6.20 Å². The van der Waals surface area contributed by atoms with E-state index in [1.54, 1.807) is 6.20 Å². The van der Waals surface area contributed by atoms with Crippen LogP contribution in [-0.4, -0.2) is 46.0 Å². The predicted molar refractivity (Wildman–Crippen MR) is 77.0 cm³/mol. The second kappa shape index (κ2) is 7.04. The minimum atomic E-state index is -0.0815. The van der Waals surface area contributed by atoms with Crippen molar-refractivity contribution in [3.63, 3.8) is 0 Å². The fraction of sp³-hybridized carbons (Fsp3) is 0.615. The Morgan fingerprint density at radius 3 is 2.95 bits per heavy atom. The molecule has 7 nitrogen and oxygen atoms in total. The number of nitrogens with zero attached hydrogens (tertiary/aromatic N) is 3. The van der Waals surface area contributed by atoms with Crippen LogP contribution in [0.15, 0.2) is 6.20 Å². The largest absolute Gasteiger partial charge is 0.472 e. The molecule has 0 aliphatic heterocycles. The van der Waals surface area contributed by atoms with E-state index in [0.717, 1.165) is 18.4 Å². The number of H-pyrrole nitrogens is 1. The Bertz CT molecular complexity index is 543. The molecule has 110 valence electrons. The molecule has 2 aromatic rings. The molecule has 0 radical (unpaired) electrons. The first-order chi connectivity index (χ1) is 9.74. The summed E-state index contributed by atoms with van der Waals surface area (Å²) in [5, 5.41) is 10.8. The van der Waals surface area contributed by atoms with Crippen LogP contribution in [-0.2, 0) is 4.74 Å². The number of ether oxygens (including phenoxy) is 2. The van der Waals surface area contributed by atoms with Crippen molar-refractivity contribution in [2.24, 2.45) is 0 Å². The number of rotatable bonds is 8. The quantitative estimate of drug-likeness (QED) is 0.768. The van der Waals surface area contributed by atoms with Crippen molar-refractivity contribution in [2.75, 3.05) is 25.1 Å². The molecule has 0 bridgehead atoms. The van der Waals surface area contributed by atoms with Gasteiger partial charge in [-0.15, -0.1) is 0 Å². The van der Waals surface area contributed by atoms with E-state index < -0.39 is 0 Å². The van der Waals surface area contributed by atoms with Gasteiger partial charge >= 0.3 is 0 Å². The van der Waals surface area contributed by atoms with E-state index in [0.29, 0.717) is 30.7 Å². The summed E-state index contributed by atoms with van der Waals surface area (Å²) in [5.41, 5.74) is 0.664. The maximum atomic E-state index is 5.83. The van der Waals surface area contributed by atoms with Gasteiger partial charge in [-0.2, -0.15) is 15.1 Å². The van der Waals surface area contributed by atoms with Gasteiger partial charge in [0.25, 0.3) is 0 Å². The van der Waals surface area contributed by atoms with Crippen molar-refractivity contribution in [3.8, 4) is 5.88 Å². The highest BCUT2D eigenvalue weighted by atomic mass is 16.5. The number of hydrogen-bond acceptors (Lipinski definition) is 6. The van der Waals surface area contributed by atoms with Gasteiger partial charge in [-0.3, -0.25) is 5.10 Å². The first-order valence-electron chi connectivity index (χ1n) is 6.94. The van der Waals surface area contributed by atoms with E-state index in [-0.39, 0.29) is 6.10 Å². The molecule has 2 heterocycles. The topological polar surface area (TPSA) is 85.0 Å². The van der Waals surface area contributed by atoms with Gasteiger partial charge in [-0.1, -0.05) is 6.92 Å². The second-order valence-corrected chi connectivity index (χ2v) is 4.50.